The summed E-state index contributed by atoms with van der Waals surface area (Å²) in [5, 5.41) is 0. The lowest BCUT2D eigenvalue weighted by molar-refractivity contribution is 0.0198. The first-order valence-corrected chi connectivity index (χ1v) is 5.02. The third-order valence-corrected chi connectivity index (χ3v) is 3.07. The molecule has 4 heteroatoms. The van der Waals surface area contributed by atoms with Gasteiger partial charge in [0.15, 0.2) is 0 Å². The first-order chi connectivity index (χ1) is 5.86. The van der Waals surface area contributed by atoms with E-state index in [9.17, 15) is 0 Å². The van der Waals surface area contributed by atoms with Gasteiger partial charge in [0.2, 0.25) is 0 Å². The first kappa shape index (κ1) is 8.81. The molecule has 2 aliphatic heterocycles. The second-order valence-electron chi connectivity index (χ2n) is 3.50. The Morgan fingerprint density at radius 3 is 2.50 bits per heavy atom. The average molecular weight is 188 g/mol. The van der Waals surface area contributed by atoms with Crippen LogP contribution in [-0.2, 0) is 4.74 Å². The molecule has 1 atom stereocenters. The summed E-state index contributed by atoms with van der Waals surface area (Å²) < 4.78 is 7.42. The van der Waals surface area contributed by atoms with Gasteiger partial charge in [-0.25, -0.2) is 0 Å². The fourth-order valence-corrected chi connectivity index (χ4v) is 2.27. The van der Waals surface area contributed by atoms with Gasteiger partial charge in [-0.15, -0.1) is 0 Å². The number of morpholine rings is 1. The van der Waals surface area contributed by atoms with Crippen LogP contribution in [0.2, 0.25) is 0 Å². The number of hydrogen-bond acceptors (Lipinski definition) is 4. The summed E-state index contributed by atoms with van der Waals surface area (Å²) in [4.78, 5) is 2.53. The molecule has 1 unspecified atom stereocenters. The second-order valence-corrected chi connectivity index (χ2v) is 4.07. The van der Waals surface area contributed by atoms with E-state index in [-0.39, 0.29) is 0 Å². The van der Waals surface area contributed by atoms with Crippen LogP contribution in [0.1, 0.15) is 6.42 Å². The molecule has 0 bridgehead atoms. The number of nitrogens with zero attached hydrogens (tertiary/aromatic N) is 2. The number of rotatable bonds is 1. The standard InChI is InChI=1S/C8H16N2OS/c12-10-2-1-8(7-10)9-3-5-11-6-4-9/h8,12H,1-7H2. The number of ether oxygens (including phenoxy) is 1. The summed E-state index contributed by atoms with van der Waals surface area (Å²) in [7, 11) is 0. The minimum absolute atomic E-state index is 0.728. The third-order valence-electron chi connectivity index (χ3n) is 2.70. The smallest absolute Gasteiger partial charge is 0.0594 e. The second kappa shape index (κ2) is 3.96. The van der Waals surface area contributed by atoms with Gasteiger partial charge in [0.1, 0.15) is 0 Å². The van der Waals surface area contributed by atoms with Gasteiger partial charge in [0.05, 0.1) is 13.2 Å². The molecule has 2 heterocycles. The van der Waals surface area contributed by atoms with Crippen molar-refractivity contribution in [1.29, 1.82) is 0 Å². The molecule has 0 saturated carbocycles. The van der Waals surface area contributed by atoms with Crippen molar-refractivity contribution < 1.29 is 4.74 Å². The van der Waals surface area contributed by atoms with Gasteiger partial charge in [-0.05, 0) is 6.42 Å². The van der Waals surface area contributed by atoms with Crippen molar-refractivity contribution in [2.75, 3.05) is 39.4 Å². The summed E-state index contributed by atoms with van der Waals surface area (Å²) in [5.74, 6) is 0. The zero-order valence-electron chi connectivity index (χ0n) is 7.28. The molecular weight excluding hydrogens is 172 g/mol. The summed E-state index contributed by atoms with van der Waals surface area (Å²) >= 11 is 4.35. The molecule has 12 heavy (non-hydrogen) atoms. The van der Waals surface area contributed by atoms with E-state index >= 15 is 0 Å². The van der Waals surface area contributed by atoms with Crippen molar-refractivity contribution in [2.45, 2.75) is 12.5 Å². The van der Waals surface area contributed by atoms with Crippen molar-refractivity contribution in [3.05, 3.63) is 0 Å². The van der Waals surface area contributed by atoms with Crippen LogP contribution >= 0.6 is 12.8 Å². The molecule has 0 radical (unpaired) electrons. The Bertz CT molecular complexity index is 147. The Balaban J connectivity index is 1.83. The number of thiol groups is 1. The van der Waals surface area contributed by atoms with E-state index < -0.39 is 0 Å². The maximum absolute atomic E-state index is 5.31. The summed E-state index contributed by atoms with van der Waals surface area (Å²) in [5.41, 5.74) is 0. The van der Waals surface area contributed by atoms with Gasteiger partial charge in [-0.2, -0.15) is 0 Å². The molecule has 0 amide bonds. The molecule has 70 valence electrons. The van der Waals surface area contributed by atoms with Crippen LogP contribution in [0.5, 0.6) is 0 Å². The van der Waals surface area contributed by atoms with Crippen molar-refractivity contribution in [3.63, 3.8) is 0 Å². The van der Waals surface area contributed by atoms with Gasteiger partial charge in [0.25, 0.3) is 0 Å². The Morgan fingerprint density at radius 1 is 1.17 bits per heavy atom. The molecule has 0 aliphatic carbocycles. The van der Waals surface area contributed by atoms with Crippen LogP contribution in [0.3, 0.4) is 0 Å². The highest BCUT2D eigenvalue weighted by Gasteiger charge is 2.26. The Morgan fingerprint density at radius 2 is 1.92 bits per heavy atom. The molecule has 0 N–H and O–H groups in total. The minimum Gasteiger partial charge on any atom is -0.379 e. The van der Waals surface area contributed by atoms with Gasteiger partial charge in [0, 0.05) is 32.2 Å². The lowest BCUT2D eigenvalue weighted by Gasteiger charge is -2.31. The molecule has 0 aromatic heterocycles. The van der Waals surface area contributed by atoms with Crippen LogP contribution in [0.15, 0.2) is 0 Å². The van der Waals surface area contributed by atoms with E-state index in [1.54, 1.807) is 0 Å². The molecule has 2 aliphatic rings. The molecule has 2 rings (SSSR count). The highest BCUT2D eigenvalue weighted by molar-refractivity contribution is 7.77. The summed E-state index contributed by atoms with van der Waals surface area (Å²) in [6.45, 7) is 6.26. The predicted octanol–water partition coefficient (Wildman–Crippen LogP) is 0.238. The summed E-state index contributed by atoms with van der Waals surface area (Å²) in [6, 6.07) is 0.728. The van der Waals surface area contributed by atoms with Crippen LogP contribution in [0.4, 0.5) is 0 Å². The highest BCUT2D eigenvalue weighted by Crippen LogP contribution is 2.17. The Hall–Kier alpha value is 0.230. The summed E-state index contributed by atoms with van der Waals surface area (Å²) in [6.07, 6.45) is 1.27. The minimum atomic E-state index is 0.728. The lowest BCUT2D eigenvalue weighted by Crippen LogP contribution is -2.44. The normalized spacial score (nSPS) is 34.2. The van der Waals surface area contributed by atoms with E-state index in [1.807, 2.05) is 0 Å². The predicted molar refractivity (Wildman–Crippen MR) is 51.4 cm³/mol. The zero-order valence-corrected chi connectivity index (χ0v) is 8.17. The largest absolute Gasteiger partial charge is 0.379 e. The first-order valence-electron chi connectivity index (χ1n) is 4.62. The fraction of sp³-hybridized carbons (Fsp3) is 1.00. The van der Waals surface area contributed by atoms with E-state index in [0.717, 1.165) is 45.4 Å². The van der Waals surface area contributed by atoms with Gasteiger partial charge in [-0.3, -0.25) is 9.21 Å². The van der Waals surface area contributed by atoms with Crippen molar-refractivity contribution in [1.82, 2.24) is 9.21 Å². The topological polar surface area (TPSA) is 15.7 Å². The van der Waals surface area contributed by atoms with Gasteiger partial charge >= 0.3 is 0 Å². The maximum atomic E-state index is 5.31. The molecule has 0 spiro atoms. The van der Waals surface area contributed by atoms with Crippen molar-refractivity contribution >= 4 is 12.8 Å². The fourth-order valence-electron chi connectivity index (χ4n) is 1.96. The van der Waals surface area contributed by atoms with Crippen molar-refractivity contribution in [2.24, 2.45) is 0 Å². The average Bonchev–Trinajstić information content (AvgIpc) is 2.54. The molecule has 0 aromatic rings. The number of hydrogen-bond donors (Lipinski definition) is 1. The SMILES string of the molecule is SN1CCC(N2CCOCC2)C1. The van der Waals surface area contributed by atoms with E-state index in [0.29, 0.717) is 0 Å². The molecule has 2 saturated heterocycles. The lowest BCUT2D eigenvalue weighted by atomic mass is 10.2. The molecule has 2 fully saturated rings. The molecular formula is C8H16N2OS. The van der Waals surface area contributed by atoms with Crippen molar-refractivity contribution in [3.8, 4) is 0 Å². The van der Waals surface area contributed by atoms with Crippen LogP contribution < -0.4 is 0 Å². The maximum Gasteiger partial charge on any atom is 0.0594 e. The van der Waals surface area contributed by atoms with Gasteiger partial charge < -0.3 is 4.74 Å². The van der Waals surface area contributed by atoms with E-state index in [1.165, 1.54) is 6.42 Å². The zero-order chi connectivity index (χ0) is 8.39. The quantitative estimate of drug-likeness (QED) is 0.594. The molecule has 3 nitrogen and oxygen atoms in total. The van der Waals surface area contributed by atoms with E-state index in [2.05, 4.69) is 22.0 Å². The van der Waals surface area contributed by atoms with Crippen LogP contribution in [0, 0.1) is 0 Å². The van der Waals surface area contributed by atoms with Gasteiger partial charge in [-0.1, -0.05) is 12.8 Å². The monoisotopic (exact) mass is 188 g/mol. The Kier molecular flexibility index (Phi) is 2.91. The highest BCUT2D eigenvalue weighted by atomic mass is 32.1. The van der Waals surface area contributed by atoms with Crippen LogP contribution in [0.25, 0.3) is 0 Å². The van der Waals surface area contributed by atoms with E-state index in [4.69, 9.17) is 4.74 Å². The Labute approximate surface area is 79.2 Å². The molecule has 0 aromatic carbocycles. The van der Waals surface area contributed by atoms with Crippen LogP contribution in [-0.4, -0.2) is 54.6 Å². The third kappa shape index (κ3) is 1.93.